The van der Waals surface area contributed by atoms with Crippen LogP contribution in [0.5, 0.6) is 0 Å². The summed E-state index contributed by atoms with van der Waals surface area (Å²) in [6.45, 7) is 8.64. The van der Waals surface area contributed by atoms with E-state index in [-0.39, 0.29) is 12.2 Å². The summed E-state index contributed by atoms with van der Waals surface area (Å²) < 4.78 is 12.7. The molecular formula is C36H46O2S4Si2. The second kappa shape index (κ2) is 20.0. The molecule has 4 aromatic rings. The van der Waals surface area contributed by atoms with Crippen LogP contribution in [0.25, 0.3) is 0 Å². The zero-order valence-electron chi connectivity index (χ0n) is 26.3. The monoisotopic (exact) mass is 694 g/mol. The van der Waals surface area contributed by atoms with Crippen molar-refractivity contribution in [2.75, 3.05) is 11.5 Å². The van der Waals surface area contributed by atoms with Crippen molar-refractivity contribution in [2.24, 2.45) is 0 Å². The summed E-state index contributed by atoms with van der Waals surface area (Å²) in [6.07, 6.45) is 0.536. The van der Waals surface area contributed by atoms with Crippen molar-refractivity contribution in [3.05, 3.63) is 144 Å². The van der Waals surface area contributed by atoms with Crippen LogP contribution in [0.15, 0.2) is 121 Å². The molecule has 0 heterocycles. The maximum Gasteiger partial charge on any atom is 0.169 e. The molecule has 44 heavy (non-hydrogen) atoms. The van der Waals surface area contributed by atoms with E-state index in [9.17, 15) is 0 Å². The third-order valence-corrected chi connectivity index (χ3v) is 18.8. The molecule has 4 rings (SSSR count). The Hall–Kier alpha value is -1.37. The molecule has 0 aliphatic rings. The van der Waals surface area contributed by atoms with Gasteiger partial charge in [-0.15, -0.1) is 0 Å². The molecule has 2 nitrogen and oxygen atoms in total. The van der Waals surface area contributed by atoms with E-state index in [0.717, 1.165) is 11.5 Å². The molecule has 0 N–H and O–H groups in total. The van der Waals surface area contributed by atoms with E-state index in [0.29, 0.717) is 22.9 Å². The van der Waals surface area contributed by atoms with Gasteiger partial charge < -0.3 is 8.85 Å². The molecule has 0 spiro atoms. The summed E-state index contributed by atoms with van der Waals surface area (Å²) in [6, 6.07) is 44.2. The average molecular weight is 695 g/mol. The van der Waals surface area contributed by atoms with Gasteiger partial charge in [0.2, 0.25) is 0 Å². The Morgan fingerprint density at radius 2 is 0.750 bits per heavy atom. The highest BCUT2D eigenvalue weighted by Crippen LogP contribution is 2.49. The Balaban J connectivity index is 1.42. The molecule has 234 valence electrons. The average Bonchev–Trinajstić information content (AvgIpc) is 3.06. The van der Waals surface area contributed by atoms with Crippen LogP contribution < -0.4 is 0 Å². The second-order valence-electron chi connectivity index (χ2n) is 11.5. The van der Waals surface area contributed by atoms with Crippen LogP contribution in [-0.2, 0) is 8.85 Å². The molecule has 0 saturated heterocycles. The van der Waals surface area contributed by atoms with Gasteiger partial charge in [-0.1, -0.05) is 143 Å². The third-order valence-electron chi connectivity index (χ3n) is 7.72. The van der Waals surface area contributed by atoms with E-state index in [1.165, 1.54) is 22.3 Å². The smallest absolute Gasteiger partial charge is 0.169 e. The lowest BCUT2D eigenvalue weighted by Gasteiger charge is -2.29. The van der Waals surface area contributed by atoms with Gasteiger partial charge in [0, 0.05) is 34.8 Å². The Labute approximate surface area is 285 Å². The van der Waals surface area contributed by atoms with Crippen LogP contribution in [-0.4, -0.2) is 43.2 Å². The van der Waals surface area contributed by atoms with Crippen molar-refractivity contribution in [3.8, 4) is 0 Å². The normalized spacial score (nSPS) is 15.0. The zero-order chi connectivity index (χ0) is 31.0. The predicted octanol–water partition coefficient (Wildman–Crippen LogP) is 9.73. The summed E-state index contributed by atoms with van der Waals surface area (Å²) in [7, 11) is 6.26. The molecular weight excluding hydrogens is 649 g/mol. The molecule has 4 atom stereocenters. The fourth-order valence-corrected chi connectivity index (χ4v) is 16.0. The van der Waals surface area contributed by atoms with Gasteiger partial charge in [-0.25, -0.2) is 0 Å². The first-order chi connectivity index (χ1) is 21.5. The Morgan fingerprint density at radius 1 is 0.455 bits per heavy atom. The molecule has 4 unspecified atom stereocenters. The second-order valence-corrected chi connectivity index (χ2v) is 20.7. The minimum Gasteiger partial charge on any atom is -0.421 e. The largest absolute Gasteiger partial charge is 0.421 e. The molecule has 0 radical (unpaired) electrons. The van der Waals surface area contributed by atoms with E-state index >= 15 is 0 Å². The van der Waals surface area contributed by atoms with Gasteiger partial charge in [-0.3, -0.25) is 0 Å². The molecule has 8 heteroatoms. The molecule has 0 bridgehead atoms. The van der Waals surface area contributed by atoms with Crippen molar-refractivity contribution >= 4 is 60.8 Å². The first-order valence-corrected chi connectivity index (χ1v) is 23.5. The van der Waals surface area contributed by atoms with Gasteiger partial charge in [0.1, 0.15) is 0 Å². The fraction of sp³-hybridized carbons (Fsp3) is 0.333. The molecule has 0 fully saturated rings. The minimum absolute atomic E-state index is 0.268. The highest BCUT2D eigenvalue weighted by Gasteiger charge is 2.28. The van der Waals surface area contributed by atoms with Gasteiger partial charge in [0.05, 0.1) is 0 Å². The molecule has 0 aliphatic carbocycles. The Bertz CT molecular complexity index is 1200. The van der Waals surface area contributed by atoms with E-state index in [1.807, 2.05) is 41.2 Å². The van der Waals surface area contributed by atoms with Crippen LogP contribution in [0.3, 0.4) is 0 Å². The van der Waals surface area contributed by atoms with Gasteiger partial charge in [-0.05, 0) is 81.4 Å². The lowest BCUT2D eigenvalue weighted by atomic mass is 9.93. The Kier molecular flexibility index (Phi) is 16.1. The van der Waals surface area contributed by atoms with Crippen LogP contribution in [0.2, 0.25) is 0 Å². The van der Waals surface area contributed by atoms with Crippen molar-refractivity contribution in [2.45, 2.75) is 62.8 Å². The summed E-state index contributed by atoms with van der Waals surface area (Å²) >= 11 is 0. The summed E-state index contributed by atoms with van der Waals surface area (Å²) in [4.78, 5) is 0. The first kappa shape index (κ1) is 35.5. The fourth-order valence-electron chi connectivity index (χ4n) is 5.41. The maximum atomic E-state index is 6.37. The van der Waals surface area contributed by atoms with Crippen molar-refractivity contribution < 1.29 is 8.85 Å². The van der Waals surface area contributed by atoms with Crippen LogP contribution in [0, 0.1) is 0 Å². The maximum absolute atomic E-state index is 6.37. The molecule has 0 saturated carbocycles. The lowest BCUT2D eigenvalue weighted by molar-refractivity contribution is 0.249. The standard InChI is InChI=1S/C36H46O2S4Si2/c1-27(2)37-43-35(31-21-13-7-14-22-31)33(29-17-9-5-10-18-29)25-39-41-42-40-26-34(30-19-11-6-12-20-30)36(44-38-28(3)4)32-23-15-8-16-24-32/h5-24,27-28,33-36H,25-26,43-44H2,1-4H3. The van der Waals surface area contributed by atoms with E-state index in [2.05, 4.69) is 149 Å². The molecule has 0 amide bonds. The SMILES string of the molecule is CC(C)O[SiH2]C(c1ccccc1)C(CSSSSCC(c1ccccc1)C([SiH2]OC(C)C)c1ccccc1)c1ccccc1. The van der Waals surface area contributed by atoms with E-state index in [1.54, 1.807) is 0 Å². The first-order valence-electron chi connectivity index (χ1n) is 15.5. The van der Waals surface area contributed by atoms with Gasteiger partial charge in [-0.2, -0.15) is 0 Å². The van der Waals surface area contributed by atoms with Crippen molar-refractivity contribution in [1.82, 2.24) is 0 Å². The third kappa shape index (κ3) is 11.8. The van der Waals surface area contributed by atoms with Gasteiger partial charge in [0.25, 0.3) is 0 Å². The van der Waals surface area contributed by atoms with Gasteiger partial charge >= 0.3 is 0 Å². The zero-order valence-corrected chi connectivity index (χ0v) is 32.4. The summed E-state index contributed by atoms with van der Waals surface area (Å²) in [5, 5.41) is 0. The highest BCUT2D eigenvalue weighted by atomic mass is 33.7. The van der Waals surface area contributed by atoms with E-state index in [4.69, 9.17) is 8.85 Å². The van der Waals surface area contributed by atoms with Crippen LogP contribution >= 0.6 is 41.2 Å². The number of benzene rings is 4. The number of hydrogen-bond donors (Lipinski definition) is 0. The summed E-state index contributed by atoms with van der Waals surface area (Å²) in [5.74, 6) is 2.96. The van der Waals surface area contributed by atoms with Crippen LogP contribution in [0.4, 0.5) is 0 Å². The number of rotatable bonds is 19. The quantitative estimate of drug-likeness (QED) is 0.0549. The highest BCUT2D eigenvalue weighted by molar-refractivity contribution is 9.26. The molecule has 4 aromatic carbocycles. The molecule has 0 aromatic heterocycles. The van der Waals surface area contributed by atoms with Crippen molar-refractivity contribution in [1.29, 1.82) is 0 Å². The minimum atomic E-state index is -0.785. The van der Waals surface area contributed by atoms with Gasteiger partial charge in [0.15, 0.2) is 19.5 Å². The Morgan fingerprint density at radius 3 is 1.05 bits per heavy atom. The summed E-state index contributed by atoms with van der Waals surface area (Å²) in [5.41, 5.74) is 6.52. The predicted molar refractivity (Wildman–Crippen MR) is 206 cm³/mol. The lowest BCUT2D eigenvalue weighted by Crippen LogP contribution is -2.24. The topological polar surface area (TPSA) is 18.5 Å². The van der Waals surface area contributed by atoms with Crippen molar-refractivity contribution in [3.63, 3.8) is 0 Å². The molecule has 0 aliphatic heterocycles. The van der Waals surface area contributed by atoms with Crippen LogP contribution in [0.1, 0.15) is 72.9 Å². The number of hydrogen-bond acceptors (Lipinski definition) is 6. The van der Waals surface area contributed by atoms with E-state index < -0.39 is 19.5 Å².